The number of amides is 2. The predicted octanol–water partition coefficient (Wildman–Crippen LogP) is 2.16. The van der Waals surface area contributed by atoms with E-state index in [1.54, 1.807) is 7.11 Å². The summed E-state index contributed by atoms with van der Waals surface area (Å²) in [4.78, 5) is 29.6. The zero-order chi connectivity index (χ0) is 18.5. The van der Waals surface area contributed by atoms with Gasteiger partial charge in [-0.2, -0.15) is 0 Å². The average molecular weight is 356 g/mol. The number of hydrogen-bond donors (Lipinski definition) is 2. The number of nitrogens with zero attached hydrogens (tertiary/aromatic N) is 2. The highest BCUT2D eigenvalue weighted by molar-refractivity contribution is 6.03. The molecule has 0 saturated carbocycles. The standard InChI is InChI=1S/C19H24N4O3/c1-13-6-8-14(9-7-13)21-19(25)17-22-16(18(24)20-10-12-26-2)15-5-3-4-11-23(15)17/h6-9H,3-5,10-12H2,1-2H3,(H,20,24)(H,21,25). The van der Waals surface area contributed by atoms with E-state index in [9.17, 15) is 9.59 Å². The molecule has 0 saturated heterocycles. The molecule has 0 unspecified atom stereocenters. The number of nitrogens with one attached hydrogen (secondary N) is 2. The van der Waals surface area contributed by atoms with Gasteiger partial charge in [0, 0.05) is 25.9 Å². The first kappa shape index (κ1) is 18.1. The Bertz CT molecular complexity index is 796. The predicted molar refractivity (Wildman–Crippen MR) is 98.5 cm³/mol. The monoisotopic (exact) mass is 356 g/mol. The molecule has 138 valence electrons. The molecule has 7 nitrogen and oxygen atoms in total. The fourth-order valence-corrected chi connectivity index (χ4v) is 3.07. The highest BCUT2D eigenvalue weighted by Gasteiger charge is 2.27. The SMILES string of the molecule is COCCNC(=O)c1nc(C(=O)Nc2ccc(C)cc2)n2c1CCCC2. The number of fused-ring (bicyclic) bond motifs is 1. The Morgan fingerprint density at radius 2 is 1.96 bits per heavy atom. The number of rotatable bonds is 6. The normalized spacial score (nSPS) is 13.2. The van der Waals surface area contributed by atoms with E-state index >= 15 is 0 Å². The molecule has 0 fully saturated rings. The lowest BCUT2D eigenvalue weighted by atomic mass is 10.1. The topological polar surface area (TPSA) is 85.2 Å². The van der Waals surface area contributed by atoms with Gasteiger partial charge < -0.3 is 19.9 Å². The summed E-state index contributed by atoms with van der Waals surface area (Å²) in [6.45, 7) is 3.53. The molecular weight excluding hydrogens is 332 g/mol. The van der Waals surface area contributed by atoms with Crippen molar-refractivity contribution in [2.75, 3.05) is 25.6 Å². The molecule has 0 spiro atoms. The van der Waals surface area contributed by atoms with Crippen LogP contribution in [0.4, 0.5) is 5.69 Å². The Balaban J connectivity index is 1.83. The summed E-state index contributed by atoms with van der Waals surface area (Å²) < 4.78 is 6.83. The third-order valence-electron chi connectivity index (χ3n) is 4.44. The van der Waals surface area contributed by atoms with E-state index in [2.05, 4.69) is 15.6 Å². The first-order chi connectivity index (χ1) is 12.6. The summed E-state index contributed by atoms with van der Waals surface area (Å²) >= 11 is 0. The molecule has 7 heteroatoms. The Labute approximate surface area is 152 Å². The van der Waals surface area contributed by atoms with Crippen LogP contribution >= 0.6 is 0 Å². The summed E-state index contributed by atoms with van der Waals surface area (Å²) in [5, 5.41) is 5.65. The van der Waals surface area contributed by atoms with Crippen LogP contribution in [0.3, 0.4) is 0 Å². The molecule has 3 rings (SSSR count). The molecule has 26 heavy (non-hydrogen) atoms. The van der Waals surface area contributed by atoms with Crippen molar-refractivity contribution in [2.24, 2.45) is 0 Å². The number of aromatic nitrogens is 2. The third-order valence-corrected chi connectivity index (χ3v) is 4.44. The lowest BCUT2D eigenvalue weighted by Gasteiger charge is -2.17. The molecule has 1 aliphatic rings. The quantitative estimate of drug-likeness (QED) is 0.777. The molecule has 2 N–H and O–H groups in total. The Morgan fingerprint density at radius 1 is 1.19 bits per heavy atom. The van der Waals surface area contributed by atoms with Crippen LogP contribution in [0.5, 0.6) is 0 Å². The Morgan fingerprint density at radius 3 is 2.69 bits per heavy atom. The molecule has 2 aromatic rings. The van der Waals surface area contributed by atoms with Crippen molar-refractivity contribution < 1.29 is 14.3 Å². The summed E-state index contributed by atoms with van der Waals surface area (Å²) in [7, 11) is 1.58. The second kappa shape index (κ2) is 8.14. The molecule has 2 amide bonds. The van der Waals surface area contributed by atoms with Gasteiger partial charge in [0.05, 0.1) is 12.3 Å². The van der Waals surface area contributed by atoms with Crippen LogP contribution in [0.15, 0.2) is 24.3 Å². The minimum absolute atomic E-state index is 0.262. The largest absolute Gasteiger partial charge is 0.383 e. The van der Waals surface area contributed by atoms with Crippen LogP contribution in [0.2, 0.25) is 0 Å². The molecular formula is C19H24N4O3. The molecule has 0 aliphatic carbocycles. The van der Waals surface area contributed by atoms with Crippen LogP contribution in [-0.4, -0.2) is 41.6 Å². The number of imidazole rings is 1. The molecule has 1 aromatic carbocycles. The van der Waals surface area contributed by atoms with Crippen molar-refractivity contribution in [2.45, 2.75) is 32.7 Å². The number of aryl methyl sites for hydroxylation is 1. The summed E-state index contributed by atoms with van der Waals surface area (Å²) in [6, 6.07) is 7.58. The average Bonchev–Trinajstić information content (AvgIpc) is 3.04. The summed E-state index contributed by atoms with van der Waals surface area (Å²) in [5.74, 6) is -0.271. The minimum Gasteiger partial charge on any atom is -0.383 e. The highest BCUT2D eigenvalue weighted by Crippen LogP contribution is 2.22. The molecule has 2 heterocycles. The van der Waals surface area contributed by atoms with E-state index in [4.69, 9.17) is 4.74 Å². The number of anilines is 1. The van der Waals surface area contributed by atoms with E-state index < -0.39 is 0 Å². The van der Waals surface area contributed by atoms with Gasteiger partial charge in [0.15, 0.2) is 5.82 Å². The zero-order valence-corrected chi connectivity index (χ0v) is 15.2. The van der Waals surface area contributed by atoms with Crippen molar-refractivity contribution in [3.8, 4) is 0 Å². The van der Waals surface area contributed by atoms with Gasteiger partial charge in [0.25, 0.3) is 11.8 Å². The number of methoxy groups -OCH3 is 1. The van der Waals surface area contributed by atoms with Gasteiger partial charge in [-0.15, -0.1) is 0 Å². The number of carbonyl (C=O) groups is 2. The molecule has 0 radical (unpaired) electrons. The van der Waals surface area contributed by atoms with Crippen molar-refractivity contribution >= 4 is 17.5 Å². The molecule has 1 aliphatic heterocycles. The smallest absolute Gasteiger partial charge is 0.291 e. The maximum Gasteiger partial charge on any atom is 0.291 e. The van der Waals surface area contributed by atoms with Crippen LogP contribution in [-0.2, 0) is 17.7 Å². The second-order valence-corrected chi connectivity index (χ2v) is 6.41. The first-order valence-corrected chi connectivity index (χ1v) is 8.84. The van der Waals surface area contributed by atoms with E-state index in [-0.39, 0.29) is 17.6 Å². The zero-order valence-electron chi connectivity index (χ0n) is 15.2. The van der Waals surface area contributed by atoms with E-state index in [0.29, 0.717) is 31.1 Å². The number of ether oxygens (including phenoxy) is 1. The lowest BCUT2D eigenvalue weighted by Crippen LogP contribution is -2.28. The number of hydrogen-bond acceptors (Lipinski definition) is 4. The van der Waals surface area contributed by atoms with Gasteiger partial charge in [-0.25, -0.2) is 4.98 Å². The maximum atomic E-state index is 12.7. The van der Waals surface area contributed by atoms with Gasteiger partial charge in [-0.3, -0.25) is 9.59 Å². The fraction of sp³-hybridized carbons (Fsp3) is 0.421. The molecule has 1 aromatic heterocycles. The molecule has 0 bridgehead atoms. The van der Waals surface area contributed by atoms with Gasteiger partial charge >= 0.3 is 0 Å². The van der Waals surface area contributed by atoms with Gasteiger partial charge in [-0.05, 0) is 38.3 Å². The Kier molecular flexibility index (Phi) is 5.68. The highest BCUT2D eigenvalue weighted by atomic mass is 16.5. The summed E-state index contributed by atoms with van der Waals surface area (Å²) in [5.41, 5.74) is 3.01. The van der Waals surface area contributed by atoms with Crippen molar-refractivity contribution in [3.05, 3.63) is 47.0 Å². The summed E-state index contributed by atoms with van der Waals surface area (Å²) in [6.07, 6.45) is 2.71. The second-order valence-electron chi connectivity index (χ2n) is 6.41. The van der Waals surface area contributed by atoms with Gasteiger partial charge in [0.2, 0.25) is 0 Å². The number of carbonyl (C=O) groups excluding carboxylic acids is 2. The molecule has 0 atom stereocenters. The number of benzene rings is 1. The van der Waals surface area contributed by atoms with Crippen LogP contribution in [0, 0.1) is 6.92 Å². The third kappa shape index (κ3) is 3.94. The van der Waals surface area contributed by atoms with Gasteiger partial charge in [-0.1, -0.05) is 17.7 Å². The van der Waals surface area contributed by atoms with Crippen LogP contribution < -0.4 is 10.6 Å². The van der Waals surface area contributed by atoms with Gasteiger partial charge in [0.1, 0.15) is 5.69 Å². The van der Waals surface area contributed by atoms with Crippen LogP contribution in [0.1, 0.15) is 45.2 Å². The first-order valence-electron chi connectivity index (χ1n) is 8.84. The van der Waals surface area contributed by atoms with E-state index in [0.717, 1.165) is 30.5 Å². The minimum atomic E-state index is -0.298. The van der Waals surface area contributed by atoms with Crippen molar-refractivity contribution in [1.82, 2.24) is 14.9 Å². The van der Waals surface area contributed by atoms with Crippen LogP contribution in [0.25, 0.3) is 0 Å². The van der Waals surface area contributed by atoms with E-state index in [1.807, 2.05) is 35.8 Å². The van der Waals surface area contributed by atoms with Crippen molar-refractivity contribution in [1.29, 1.82) is 0 Å². The van der Waals surface area contributed by atoms with E-state index in [1.165, 1.54) is 0 Å². The van der Waals surface area contributed by atoms with Crippen molar-refractivity contribution in [3.63, 3.8) is 0 Å². The fourth-order valence-electron chi connectivity index (χ4n) is 3.07. The lowest BCUT2D eigenvalue weighted by molar-refractivity contribution is 0.0931. The maximum absolute atomic E-state index is 12.7. The Hall–Kier alpha value is -2.67.